The molecule has 1 aromatic heterocycles. The van der Waals surface area contributed by atoms with E-state index in [1.807, 2.05) is 31.2 Å². The zero-order valence-electron chi connectivity index (χ0n) is 17.1. The van der Waals surface area contributed by atoms with E-state index in [-0.39, 0.29) is 17.8 Å². The van der Waals surface area contributed by atoms with Crippen molar-refractivity contribution in [1.29, 1.82) is 0 Å². The number of nitrogens with one attached hydrogen (secondary N) is 1. The van der Waals surface area contributed by atoms with Gasteiger partial charge >= 0.3 is 5.97 Å². The van der Waals surface area contributed by atoms with Crippen LogP contribution < -0.4 is 10.1 Å². The molecule has 1 aromatic carbocycles. The summed E-state index contributed by atoms with van der Waals surface area (Å²) >= 11 is 1.01. The Hall–Kier alpha value is -2.87. The summed E-state index contributed by atoms with van der Waals surface area (Å²) in [6.07, 6.45) is 2.39. The van der Waals surface area contributed by atoms with Crippen LogP contribution in [-0.4, -0.2) is 33.5 Å². The highest BCUT2D eigenvalue weighted by atomic mass is 32.2. The summed E-state index contributed by atoms with van der Waals surface area (Å²) in [5.41, 5.74) is 2.64. The van der Waals surface area contributed by atoms with Crippen molar-refractivity contribution in [3.8, 4) is 5.75 Å². The van der Waals surface area contributed by atoms with Gasteiger partial charge in [-0.1, -0.05) is 25.1 Å². The number of imide groups is 1. The van der Waals surface area contributed by atoms with Gasteiger partial charge in [0.05, 0.1) is 0 Å². The van der Waals surface area contributed by atoms with Gasteiger partial charge in [-0.25, -0.2) is 0 Å². The van der Waals surface area contributed by atoms with E-state index in [4.69, 9.17) is 9.47 Å². The molecule has 2 heterocycles. The zero-order chi connectivity index (χ0) is 21.7. The molecule has 2 amide bonds. The number of carbonyl (C=O) groups excluding carboxylic acids is 3. The highest BCUT2D eigenvalue weighted by Crippen LogP contribution is 2.35. The van der Waals surface area contributed by atoms with Gasteiger partial charge in [-0.3, -0.25) is 24.7 Å². The number of thioether (sulfide) groups is 1. The second-order valence-electron chi connectivity index (χ2n) is 7.24. The minimum atomic E-state index is -0.808. The summed E-state index contributed by atoms with van der Waals surface area (Å²) in [5.74, 6) is -0.0582. The number of rotatable bonds is 8. The molecule has 7 nitrogen and oxygen atoms in total. The third-order valence-corrected chi connectivity index (χ3v) is 5.84. The Morgan fingerprint density at radius 1 is 1.20 bits per heavy atom. The molecule has 30 heavy (non-hydrogen) atoms. The fourth-order valence-electron chi connectivity index (χ4n) is 3.12. The number of benzene rings is 1. The summed E-state index contributed by atoms with van der Waals surface area (Å²) in [5, 5.41) is 2.00. The van der Waals surface area contributed by atoms with E-state index in [0.717, 1.165) is 35.0 Å². The molecular weight excluding hydrogens is 404 g/mol. The molecule has 1 fully saturated rings. The minimum absolute atomic E-state index is 0.149. The monoisotopic (exact) mass is 428 g/mol. The first-order valence-electron chi connectivity index (χ1n) is 9.67. The van der Waals surface area contributed by atoms with Crippen molar-refractivity contribution in [1.82, 2.24) is 10.3 Å². The van der Waals surface area contributed by atoms with Crippen LogP contribution in [0.5, 0.6) is 5.75 Å². The molecule has 8 heteroatoms. The van der Waals surface area contributed by atoms with Crippen LogP contribution >= 0.6 is 11.8 Å². The van der Waals surface area contributed by atoms with E-state index in [9.17, 15) is 14.4 Å². The van der Waals surface area contributed by atoms with Gasteiger partial charge in [0.15, 0.2) is 6.10 Å². The van der Waals surface area contributed by atoms with Crippen molar-refractivity contribution >= 4 is 28.9 Å². The highest BCUT2D eigenvalue weighted by Gasteiger charge is 2.43. The number of hydrogen-bond donors (Lipinski definition) is 1. The van der Waals surface area contributed by atoms with Crippen LogP contribution in [0.1, 0.15) is 43.7 Å². The Bertz CT molecular complexity index is 930. The lowest BCUT2D eigenvalue weighted by Gasteiger charge is -2.19. The molecule has 1 N–H and O–H groups in total. The van der Waals surface area contributed by atoms with E-state index in [1.54, 1.807) is 25.3 Å². The normalized spacial score (nSPS) is 19.3. The fourth-order valence-corrected chi connectivity index (χ4v) is 4.05. The Morgan fingerprint density at radius 2 is 1.93 bits per heavy atom. The maximum atomic E-state index is 12.0. The number of esters is 1. The van der Waals surface area contributed by atoms with Crippen molar-refractivity contribution in [2.75, 3.05) is 6.61 Å². The summed E-state index contributed by atoms with van der Waals surface area (Å²) in [6.45, 7) is 5.28. The van der Waals surface area contributed by atoms with Crippen LogP contribution in [-0.2, 0) is 27.2 Å². The predicted octanol–water partition coefficient (Wildman–Crippen LogP) is 3.61. The number of aryl methyl sites for hydroxylation is 1. The van der Waals surface area contributed by atoms with Gasteiger partial charge in [-0.15, -0.1) is 0 Å². The number of ether oxygens (including phenoxy) is 2. The summed E-state index contributed by atoms with van der Waals surface area (Å²) in [4.78, 5) is 39.3. The molecule has 0 unspecified atom stereocenters. The van der Waals surface area contributed by atoms with Gasteiger partial charge in [0.2, 0.25) is 5.91 Å². The van der Waals surface area contributed by atoms with E-state index < -0.39 is 16.8 Å². The quantitative estimate of drug-likeness (QED) is 0.642. The van der Waals surface area contributed by atoms with Crippen LogP contribution in [0.4, 0.5) is 4.79 Å². The maximum absolute atomic E-state index is 12.0. The van der Waals surface area contributed by atoms with Crippen molar-refractivity contribution in [2.24, 2.45) is 0 Å². The topological polar surface area (TPSA) is 94.6 Å². The van der Waals surface area contributed by atoms with Gasteiger partial charge < -0.3 is 9.47 Å². The second kappa shape index (κ2) is 9.30. The standard InChI is InChI=1S/C22H24N2O5S/c1-4-17-8-7-16(12-23-17)19(29-14(2)25)13-28-18-9-5-15(6-10-18)11-22(3)20(26)24-21(27)30-22/h5-10,12,19H,4,11,13H2,1-3H3,(H,24,26,27)/t19-,22-/m0/s1. The fraction of sp³-hybridized carbons (Fsp3) is 0.364. The van der Waals surface area contributed by atoms with Crippen LogP contribution in [0.15, 0.2) is 42.6 Å². The lowest BCUT2D eigenvalue weighted by atomic mass is 9.99. The third kappa shape index (κ3) is 5.38. The molecule has 2 aromatic rings. The Kier molecular flexibility index (Phi) is 6.77. The third-order valence-electron chi connectivity index (χ3n) is 4.77. The number of amides is 2. The van der Waals surface area contributed by atoms with Crippen LogP contribution in [0.3, 0.4) is 0 Å². The molecule has 0 bridgehead atoms. The number of carbonyl (C=O) groups is 3. The van der Waals surface area contributed by atoms with Crippen molar-refractivity contribution < 1.29 is 23.9 Å². The van der Waals surface area contributed by atoms with Crippen LogP contribution in [0.25, 0.3) is 0 Å². The smallest absolute Gasteiger partial charge is 0.303 e. The summed E-state index contributed by atoms with van der Waals surface area (Å²) < 4.78 is 10.4. The lowest BCUT2D eigenvalue weighted by molar-refractivity contribution is -0.148. The molecule has 1 aliphatic heterocycles. The molecule has 2 atom stereocenters. The molecule has 3 rings (SSSR count). The second-order valence-corrected chi connectivity index (χ2v) is 8.72. The average molecular weight is 429 g/mol. The van der Waals surface area contributed by atoms with E-state index in [2.05, 4.69) is 10.3 Å². The van der Waals surface area contributed by atoms with Gasteiger partial charge in [0.1, 0.15) is 17.1 Å². The maximum Gasteiger partial charge on any atom is 0.303 e. The molecule has 0 spiro atoms. The number of aromatic nitrogens is 1. The van der Waals surface area contributed by atoms with Crippen molar-refractivity contribution in [3.05, 3.63) is 59.4 Å². The molecule has 1 saturated heterocycles. The first-order valence-corrected chi connectivity index (χ1v) is 10.5. The Labute approximate surface area is 179 Å². The van der Waals surface area contributed by atoms with Gasteiger partial charge in [-0.2, -0.15) is 0 Å². The van der Waals surface area contributed by atoms with Crippen LogP contribution in [0, 0.1) is 0 Å². The lowest BCUT2D eigenvalue weighted by Crippen LogP contribution is -2.35. The zero-order valence-corrected chi connectivity index (χ0v) is 18.0. The number of pyridine rings is 1. The van der Waals surface area contributed by atoms with Gasteiger partial charge in [0.25, 0.3) is 5.24 Å². The van der Waals surface area contributed by atoms with Crippen molar-refractivity contribution in [3.63, 3.8) is 0 Å². The highest BCUT2D eigenvalue weighted by molar-refractivity contribution is 8.16. The molecule has 0 aliphatic carbocycles. The average Bonchev–Trinajstić information content (AvgIpc) is 2.97. The SMILES string of the molecule is CCc1ccc([C@H](COc2ccc(C[C@]3(C)SC(=O)NC3=O)cc2)OC(C)=O)cn1. The van der Waals surface area contributed by atoms with Gasteiger partial charge in [0, 0.05) is 24.4 Å². The Balaban J connectivity index is 1.63. The summed E-state index contributed by atoms with van der Waals surface area (Å²) in [7, 11) is 0. The minimum Gasteiger partial charge on any atom is -0.489 e. The Morgan fingerprint density at radius 3 is 2.47 bits per heavy atom. The summed E-state index contributed by atoms with van der Waals surface area (Å²) in [6, 6.07) is 11.1. The largest absolute Gasteiger partial charge is 0.489 e. The molecule has 0 saturated carbocycles. The van der Waals surface area contributed by atoms with E-state index in [0.29, 0.717) is 12.2 Å². The van der Waals surface area contributed by atoms with Crippen LogP contribution in [0.2, 0.25) is 0 Å². The van der Waals surface area contributed by atoms with Crippen molar-refractivity contribution in [2.45, 2.75) is 44.5 Å². The predicted molar refractivity (Wildman–Crippen MR) is 113 cm³/mol. The first-order chi connectivity index (χ1) is 14.3. The molecule has 1 aliphatic rings. The number of nitrogens with zero attached hydrogens (tertiary/aromatic N) is 1. The first kappa shape index (κ1) is 21.8. The van der Waals surface area contributed by atoms with Gasteiger partial charge in [-0.05, 0) is 55.3 Å². The molecular formula is C22H24N2O5S. The van der Waals surface area contributed by atoms with E-state index >= 15 is 0 Å². The number of hydrogen-bond acceptors (Lipinski definition) is 7. The molecule has 0 radical (unpaired) electrons. The van der Waals surface area contributed by atoms with E-state index in [1.165, 1.54) is 6.92 Å². The molecule has 158 valence electrons.